The number of likely N-dealkylation sites (tertiary alicyclic amines) is 1. The van der Waals surface area contributed by atoms with Crippen LogP contribution in [0.25, 0.3) is 0 Å². The van der Waals surface area contributed by atoms with Crippen LogP contribution in [0.2, 0.25) is 0 Å². The minimum atomic E-state index is -2.00. The summed E-state index contributed by atoms with van der Waals surface area (Å²) >= 11 is 0. The van der Waals surface area contributed by atoms with Crippen molar-refractivity contribution in [2.45, 2.75) is 139 Å². The molecule has 5 aliphatic heterocycles. The number of carbonyl (C=O) groups excluding carboxylic acids is 7. The first kappa shape index (κ1) is 58.9. The van der Waals surface area contributed by atoms with Crippen molar-refractivity contribution in [2.75, 3.05) is 19.6 Å². The average Bonchev–Trinajstić information content (AvgIpc) is 3.96. The van der Waals surface area contributed by atoms with Gasteiger partial charge in [0, 0.05) is 74.4 Å². The number of aliphatic hydroxyl groups is 2. The molecule has 2 amide bonds. The number of aldehydes is 2. The molecule has 0 saturated carbocycles. The number of hydrogen-bond acceptors (Lipinski definition) is 16. The van der Waals surface area contributed by atoms with Crippen LogP contribution < -0.4 is 14.8 Å². The molecule has 78 heavy (non-hydrogen) atoms. The van der Waals surface area contributed by atoms with Gasteiger partial charge in [-0.25, -0.2) is 9.69 Å². The van der Waals surface area contributed by atoms with Gasteiger partial charge in [-0.2, -0.15) is 0 Å². The number of aliphatic imine (C=N–C) groups is 1. The Morgan fingerprint density at radius 1 is 0.885 bits per heavy atom. The monoisotopic (exact) mass is 1080 g/mol. The number of hydrogen-bond donors (Lipinski definition) is 4. The number of aromatic hydroxyl groups is 1. The van der Waals surface area contributed by atoms with Gasteiger partial charge in [-0.1, -0.05) is 85.8 Å². The molecule has 4 N–H and O–H groups in total. The van der Waals surface area contributed by atoms with Crippen LogP contribution in [0.5, 0.6) is 17.2 Å². The lowest BCUT2D eigenvalue weighted by molar-refractivity contribution is -0.135. The van der Waals surface area contributed by atoms with E-state index in [0.717, 1.165) is 6.54 Å². The number of rotatable bonds is 11. The van der Waals surface area contributed by atoms with Crippen LogP contribution in [0.4, 0.5) is 4.79 Å². The number of aliphatic hydroxyl groups excluding tert-OH is 2. The fourth-order valence-corrected chi connectivity index (χ4v) is 11.1. The number of esters is 1. The number of nitrogens with one attached hydrogen (secondary N) is 1. The maximum absolute atomic E-state index is 15.4. The first-order valence-electron chi connectivity index (χ1n) is 27.2. The molecule has 0 radical (unpaired) electrons. The molecular formula is C60H76N4O14. The first-order valence-corrected chi connectivity index (χ1v) is 27.2. The minimum absolute atomic E-state index is 0.00296. The third kappa shape index (κ3) is 11.8. The predicted octanol–water partition coefficient (Wildman–Crippen LogP) is 8.08. The number of allylic oxidation sites excluding steroid dienone is 5. The summed E-state index contributed by atoms with van der Waals surface area (Å²) in [5, 5.41) is 38.0. The van der Waals surface area contributed by atoms with Gasteiger partial charge in [-0.3, -0.25) is 24.2 Å². The number of piperidine rings is 1. The smallest absolute Gasteiger partial charge is 0.416 e. The third-order valence-electron chi connectivity index (χ3n) is 16.6. The molecule has 9 atom stereocenters. The molecule has 5 bridgehead atoms. The molecular weight excluding hydrogens is 1000 g/mol. The maximum atomic E-state index is 15.4. The molecule has 1 fully saturated rings. The summed E-state index contributed by atoms with van der Waals surface area (Å²) in [4.78, 5) is 104. The van der Waals surface area contributed by atoms with Gasteiger partial charge in [-0.15, -0.1) is 0 Å². The second-order valence-corrected chi connectivity index (χ2v) is 22.6. The summed E-state index contributed by atoms with van der Waals surface area (Å²) in [6.07, 6.45) is 7.35. The van der Waals surface area contributed by atoms with Gasteiger partial charge in [0.05, 0.1) is 41.2 Å². The van der Waals surface area contributed by atoms with E-state index in [1.54, 1.807) is 37.3 Å². The lowest BCUT2D eigenvalue weighted by atomic mass is 9.72. The van der Waals surface area contributed by atoms with Crippen LogP contribution in [0.15, 0.2) is 76.8 Å². The van der Waals surface area contributed by atoms with Gasteiger partial charge in [0.25, 0.3) is 11.7 Å². The predicted molar refractivity (Wildman–Crippen MR) is 289 cm³/mol. The number of fused-ring (bicyclic) bond motifs is 13. The lowest BCUT2D eigenvalue weighted by Crippen LogP contribution is -2.55. The van der Waals surface area contributed by atoms with Gasteiger partial charge < -0.3 is 54.1 Å². The Bertz CT molecular complexity index is 2830. The summed E-state index contributed by atoms with van der Waals surface area (Å²) in [5.74, 6) is -7.08. The van der Waals surface area contributed by atoms with E-state index in [1.165, 1.54) is 50.1 Å². The fourth-order valence-electron chi connectivity index (χ4n) is 11.1. The number of amides is 2. The maximum Gasteiger partial charge on any atom is 0.416 e. The lowest BCUT2D eigenvalue weighted by Gasteiger charge is -2.43. The number of benzene rings is 2. The molecule has 2 aromatic rings. The highest BCUT2D eigenvalue weighted by Gasteiger charge is 2.58. The Morgan fingerprint density at radius 3 is 2.19 bits per heavy atom. The van der Waals surface area contributed by atoms with Crippen LogP contribution in [0, 0.1) is 54.3 Å². The zero-order valence-corrected chi connectivity index (χ0v) is 46.7. The Morgan fingerprint density at radius 2 is 1.55 bits per heavy atom. The van der Waals surface area contributed by atoms with Crippen molar-refractivity contribution in [3.8, 4) is 17.2 Å². The Kier molecular flexibility index (Phi) is 18.2. The SMILES string of the molecule is C/C1=C/C=C/[C@H](C)[C@H](O)[C@@H](C)[C@@H](O)[C@@H](C)[C@H](C)[C@H](C)[C@@H](C)/C=C/O[C@@]2(C)Oc3c(C)c(O)c4c(c3C2=O)C2=NC3(CCN(CC(C)C)CC3)N(C(=O)OCc3ccc(OC(=O)CCCC(C=O)C=O)cc3)C2=C(NC1=O)C4=O. The number of phenolic OH excluding ortho intramolecular Hbond substituents is 1. The molecule has 8 rings (SSSR count). The Hall–Kier alpha value is -6.76. The van der Waals surface area contributed by atoms with Crippen molar-refractivity contribution in [3.63, 3.8) is 0 Å². The Balaban J connectivity index is 1.33. The zero-order chi connectivity index (χ0) is 57.1. The average molecular weight is 1080 g/mol. The van der Waals surface area contributed by atoms with Gasteiger partial charge in [0.2, 0.25) is 5.78 Å². The highest BCUT2D eigenvalue weighted by molar-refractivity contribution is 6.35. The van der Waals surface area contributed by atoms with Crippen molar-refractivity contribution in [1.29, 1.82) is 0 Å². The number of nitrogens with zero attached hydrogens (tertiary/aromatic N) is 3. The quantitative estimate of drug-likeness (QED) is 0.0719. The molecule has 0 aromatic heterocycles. The molecule has 0 unspecified atom stereocenters. The number of phenols is 1. The number of carbonyl (C=O) groups is 7. The van der Waals surface area contributed by atoms with Crippen molar-refractivity contribution in [3.05, 3.63) is 99.6 Å². The molecule has 1 saturated heterocycles. The van der Waals surface area contributed by atoms with E-state index in [-0.39, 0.29) is 113 Å². The molecule has 420 valence electrons. The molecule has 18 heteroatoms. The third-order valence-corrected chi connectivity index (χ3v) is 16.6. The molecule has 18 nitrogen and oxygen atoms in total. The van der Waals surface area contributed by atoms with Crippen molar-refractivity contribution < 1.29 is 67.8 Å². The minimum Gasteiger partial charge on any atom is -0.507 e. The molecule has 5 heterocycles. The topological polar surface area (TPSA) is 248 Å². The largest absolute Gasteiger partial charge is 0.507 e. The van der Waals surface area contributed by atoms with Crippen LogP contribution in [0.3, 0.4) is 0 Å². The van der Waals surface area contributed by atoms with E-state index >= 15 is 14.4 Å². The summed E-state index contributed by atoms with van der Waals surface area (Å²) in [6.45, 7) is 21.8. The highest BCUT2D eigenvalue weighted by atomic mass is 16.7. The Labute approximate surface area is 456 Å². The van der Waals surface area contributed by atoms with E-state index in [4.69, 9.17) is 23.9 Å². The van der Waals surface area contributed by atoms with Gasteiger partial charge in [0.1, 0.15) is 53.5 Å². The van der Waals surface area contributed by atoms with Crippen LogP contribution in [-0.4, -0.2) is 116 Å². The second kappa shape index (κ2) is 24.1. The van der Waals surface area contributed by atoms with Crippen molar-refractivity contribution >= 4 is 47.8 Å². The van der Waals surface area contributed by atoms with Gasteiger partial charge in [0.15, 0.2) is 0 Å². The molecule has 6 aliphatic rings. The summed E-state index contributed by atoms with van der Waals surface area (Å²) < 4.78 is 24.1. The first-order chi connectivity index (χ1) is 36.9. The second-order valence-electron chi connectivity index (χ2n) is 22.6. The molecule has 1 spiro atoms. The summed E-state index contributed by atoms with van der Waals surface area (Å²) in [6, 6.07) is 6.25. The standard InChI is InChI=1S/C60H76N4O14/c1-32(2)28-63-25-23-60(24-26-63)62-48-45-46-53(70)40(10)55-47(45)56(72)59(11,78-55)76-27-22-33(3)36(6)37(7)38(8)52(69)39(9)51(68)34(4)14-12-15-35(5)57(73)61-49(54(46)71)50(48)64(60)58(74)75-31-41-18-20-43(21-19-41)77-44(67)17-13-16-42(29-65)30-66/h12,14-15,18-22,27,29-30,32-34,36-39,42,51-52,68-70H,13,16-17,23-26,28,31H2,1-11H3,(H,61,73)/b14-12+,27-22+,35-15-/t33-,34-,36+,37+,38-,39+,51-,52-,59-/m0/s1. The van der Waals surface area contributed by atoms with E-state index in [2.05, 4.69) is 31.0 Å². The van der Waals surface area contributed by atoms with Crippen molar-refractivity contribution in [2.24, 2.45) is 52.3 Å². The zero-order valence-electron chi connectivity index (χ0n) is 46.7. The van der Waals surface area contributed by atoms with E-state index in [9.17, 15) is 34.5 Å². The van der Waals surface area contributed by atoms with Crippen LogP contribution in [-0.2, 0) is 35.3 Å². The highest BCUT2D eigenvalue weighted by Crippen LogP contribution is 2.53. The summed E-state index contributed by atoms with van der Waals surface area (Å²) in [5.41, 5.74) is -1.79. The number of ketones is 2. The number of Topliss-reactive ketones (excluding diaryl/α,β-unsaturated/α-hetero) is 2. The van der Waals surface area contributed by atoms with Gasteiger partial charge in [-0.05, 0) is 80.1 Å². The van der Waals surface area contributed by atoms with E-state index in [1.807, 2.05) is 27.7 Å². The fraction of sp³-hybridized carbons (Fsp3) is 0.533. The van der Waals surface area contributed by atoms with Crippen LogP contribution >= 0.6 is 0 Å². The summed E-state index contributed by atoms with van der Waals surface area (Å²) in [7, 11) is 0. The number of ether oxygens (including phenoxy) is 4. The van der Waals surface area contributed by atoms with E-state index < -0.39 is 82.4 Å². The van der Waals surface area contributed by atoms with E-state index in [0.29, 0.717) is 37.1 Å². The van der Waals surface area contributed by atoms with Crippen LogP contribution in [0.1, 0.15) is 139 Å². The van der Waals surface area contributed by atoms with Gasteiger partial charge >= 0.3 is 17.8 Å². The molecule has 1 aliphatic carbocycles. The van der Waals surface area contributed by atoms with Crippen molar-refractivity contribution in [1.82, 2.24) is 15.1 Å². The molecule has 2 aromatic carbocycles. The normalized spacial score (nSPS) is 29.0.